The van der Waals surface area contributed by atoms with E-state index in [-0.39, 0.29) is 23.1 Å². The molecule has 8 heteroatoms. The van der Waals surface area contributed by atoms with Crippen LogP contribution >= 0.6 is 11.8 Å². The van der Waals surface area contributed by atoms with Crippen molar-refractivity contribution in [2.24, 2.45) is 0 Å². The summed E-state index contributed by atoms with van der Waals surface area (Å²) >= 11 is 1.17. The lowest BCUT2D eigenvalue weighted by atomic mass is 10.1. The van der Waals surface area contributed by atoms with E-state index in [0.29, 0.717) is 16.3 Å². The van der Waals surface area contributed by atoms with Crippen molar-refractivity contribution in [3.05, 3.63) is 58.3 Å². The smallest absolute Gasteiger partial charge is 0.287 e. The van der Waals surface area contributed by atoms with Gasteiger partial charge in [-0.3, -0.25) is 19.7 Å². The van der Waals surface area contributed by atoms with Gasteiger partial charge in [-0.1, -0.05) is 23.9 Å². The number of rotatable bonds is 6. The Morgan fingerprint density at radius 2 is 2.09 bits per heavy atom. The van der Waals surface area contributed by atoms with Crippen LogP contribution < -0.4 is 5.32 Å². The molecule has 2 rings (SSSR count). The highest BCUT2D eigenvalue weighted by molar-refractivity contribution is 7.99. The summed E-state index contributed by atoms with van der Waals surface area (Å²) in [6.45, 7) is 1.46. The molecule has 0 unspecified atom stereocenters. The average molecular weight is 331 g/mol. The molecule has 0 atom stereocenters. The van der Waals surface area contributed by atoms with Crippen molar-refractivity contribution >= 4 is 34.8 Å². The van der Waals surface area contributed by atoms with E-state index in [2.05, 4.69) is 10.3 Å². The Labute approximate surface area is 136 Å². The summed E-state index contributed by atoms with van der Waals surface area (Å²) in [7, 11) is 0. The summed E-state index contributed by atoms with van der Waals surface area (Å²) in [5.41, 5.74) is 0.965. The van der Waals surface area contributed by atoms with E-state index >= 15 is 0 Å². The van der Waals surface area contributed by atoms with Crippen molar-refractivity contribution in [1.82, 2.24) is 4.98 Å². The normalized spacial score (nSPS) is 10.1. The van der Waals surface area contributed by atoms with Crippen molar-refractivity contribution in [2.45, 2.75) is 11.9 Å². The second kappa shape index (κ2) is 7.50. The van der Waals surface area contributed by atoms with E-state index in [1.54, 1.807) is 24.3 Å². The Morgan fingerprint density at radius 1 is 1.30 bits per heavy atom. The van der Waals surface area contributed by atoms with Gasteiger partial charge in [-0.2, -0.15) is 0 Å². The topological polar surface area (TPSA) is 102 Å². The molecule has 1 amide bonds. The zero-order valence-electron chi connectivity index (χ0n) is 12.2. The van der Waals surface area contributed by atoms with Crippen LogP contribution in [-0.4, -0.2) is 27.4 Å². The molecule has 0 fully saturated rings. The number of nitrogens with zero attached hydrogens (tertiary/aromatic N) is 2. The van der Waals surface area contributed by atoms with Gasteiger partial charge in [-0.15, -0.1) is 0 Å². The van der Waals surface area contributed by atoms with E-state index in [9.17, 15) is 19.7 Å². The van der Waals surface area contributed by atoms with E-state index in [4.69, 9.17) is 0 Å². The summed E-state index contributed by atoms with van der Waals surface area (Å²) in [6, 6.07) is 9.50. The van der Waals surface area contributed by atoms with Gasteiger partial charge < -0.3 is 5.32 Å². The number of pyridine rings is 1. The second-order valence-corrected chi connectivity index (χ2v) is 5.58. The van der Waals surface area contributed by atoms with Crippen LogP contribution in [0.2, 0.25) is 0 Å². The van der Waals surface area contributed by atoms with Crippen LogP contribution in [0.5, 0.6) is 0 Å². The number of hydrogen-bond donors (Lipinski definition) is 1. The summed E-state index contributed by atoms with van der Waals surface area (Å²) in [5.74, 6) is -0.226. The Morgan fingerprint density at radius 3 is 2.70 bits per heavy atom. The number of ketones is 1. The minimum absolute atomic E-state index is 0.0782. The monoisotopic (exact) mass is 331 g/mol. The lowest BCUT2D eigenvalue weighted by molar-refractivity contribution is -0.385. The van der Waals surface area contributed by atoms with Gasteiger partial charge in [0.05, 0.1) is 15.7 Å². The fraction of sp³-hybridized carbons (Fsp3) is 0.133. The van der Waals surface area contributed by atoms with E-state index in [1.165, 1.54) is 30.8 Å². The molecule has 0 saturated carbocycles. The molecule has 2 aromatic rings. The van der Waals surface area contributed by atoms with Crippen molar-refractivity contribution in [3.8, 4) is 0 Å². The summed E-state index contributed by atoms with van der Waals surface area (Å²) in [5, 5.41) is 13.7. The van der Waals surface area contributed by atoms with Gasteiger partial charge >= 0.3 is 0 Å². The van der Waals surface area contributed by atoms with Gasteiger partial charge in [0.2, 0.25) is 5.91 Å². The highest BCUT2D eigenvalue weighted by atomic mass is 32.2. The van der Waals surface area contributed by atoms with Crippen LogP contribution in [-0.2, 0) is 4.79 Å². The Balaban J connectivity index is 1.91. The molecule has 23 heavy (non-hydrogen) atoms. The average Bonchev–Trinajstić information content (AvgIpc) is 2.53. The first-order valence-corrected chi connectivity index (χ1v) is 7.58. The lowest BCUT2D eigenvalue weighted by Crippen LogP contribution is -2.14. The van der Waals surface area contributed by atoms with Crippen LogP contribution in [0.3, 0.4) is 0 Å². The fourth-order valence-electron chi connectivity index (χ4n) is 1.72. The second-order valence-electron chi connectivity index (χ2n) is 4.59. The third kappa shape index (κ3) is 4.89. The Hall–Kier alpha value is -2.74. The standard InChI is InChI=1S/C15H13N3O4S/c1-10(19)11-3-2-4-12(7-11)17-14(20)9-23-15-6-5-13(8-16-15)18(21)22/h2-8H,9H2,1H3,(H,17,20). The molecule has 0 aliphatic rings. The van der Waals surface area contributed by atoms with E-state index in [0.717, 1.165) is 6.20 Å². The molecule has 1 heterocycles. The van der Waals surface area contributed by atoms with Gasteiger partial charge in [0, 0.05) is 17.3 Å². The molecule has 1 aromatic carbocycles. The number of thioether (sulfide) groups is 1. The summed E-state index contributed by atoms with van der Waals surface area (Å²) < 4.78 is 0. The SMILES string of the molecule is CC(=O)c1cccc(NC(=O)CSc2ccc([N+](=O)[O-])cn2)c1. The zero-order valence-corrected chi connectivity index (χ0v) is 13.0. The van der Waals surface area contributed by atoms with Crippen molar-refractivity contribution in [2.75, 3.05) is 11.1 Å². The molecule has 7 nitrogen and oxygen atoms in total. The maximum Gasteiger partial charge on any atom is 0.287 e. The molecule has 0 aliphatic carbocycles. The van der Waals surface area contributed by atoms with Crippen molar-refractivity contribution < 1.29 is 14.5 Å². The molecular weight excluding hydrogens is 318 g/mol. The molecule has 0 saturated heterocycles. The maximum atomic E-state index is 11.9. The van der Waals surface area contributed by atoms with Crippen LogP contribution in [0, 0.1) is 10.1 Å². The first-order valence-electron chi connectivity index (χ1n) is 6.60. The molecule has 0 spiro atoms. The fourth-order valence-corrected chi connectivity index (χ4v) is 2.36. The van der Waals surface area contributed by atoms with Gasteiger partial charge in [0.25, 0.3) is 5.69 Å². The molecule has 0 aliphatic heterocycles. The molecule has 0 radical (unpaired) electrons. The third-order valence-electron chi connectivity index (χ3n) is 2.84. The minimum Gasteiger partial charge on any atom is -0.325 e. The molecule has 1 N–H and O–H groups in total. The van der Waals surface area contributed by atoms with E-state index < -0.39 is 4.92 Å². The van der Waals surface area contributed by atoms with E-state index in [1.807, 2.05) is 0 Å². The van der Waals surface area contributed by atoms with Crippen LogP contribution in [0.25, 0.3) is 0 Å². The molecular formula is C15H13N3O4S. The van der Waals surface area contributed by atoms with Crippen LogP contribution in [0.4, 0.5) is 11.4 Å². The molecule has 1 aromatic heterocycles. The highest BCUT2D eigenvalue weighted by Gasteiger charge is 2.08. The number of aromatic nitrogens is 1. The number of benzene rings is 1. The molecule has 0 bridgehead atoms. The summed E-state index contributed by atoms with van der Waals surface area (Å²) in [4.78, 5) is 37.1. The number of amides is 1. The number of nitrogens with one attached hydrogen (secondary N) is 1. The lowest BCUT2D eigenvalue weighted by Gasteiger charge is -2.06. The van der Waals surface area contributed by atoms with Crippen LogP contribution in [0.1, 0.15) is 17.3 Å². The van der Waals surface area contributed by atoms with Gasteiger partial charge in [-0.25, -0.2) is 4.98 Å². The largest absolute Gasteiger partial charge is 0.325 e. The van der Waals surface area contributed by atoms with Gasteiger partial charge in [0.1, 0.15) is 6.20 Å². The number of nitro groups is 1. The third-order valence-corrected chi connectivity index (χ3v) is 3.78. The first kappa shape index (κ1) is 16.6. The summed E-state index contributed by atoms with van der Waals surface area (Å²) in [6.07, 6.45) is 1.15. The Kier molecular flexibility index (Phi) is 5.42. The maximum absolute atomic E-state index is 11.9. The van der Waals surface area contributed by atoms with Gasteiger partial charge in [-0.05, 0) is 25.1 Å². The first-order chi connectivity index (χ1) is 11.0. The van der Waals surface area contributed by atoms with Crippen molar-refractivity contribution in [3.63, 3.8) is 0 Å². The zero-order chi connectivity index (χ0) is 16.8. The number of anilines is 1. The number of carbonyl (C=O) groups excluding carboxylic acids is 2. The Bertz CT molecular complexity index is 747. The minimum atomic E-state index is -0.532. The van der Waals surface area contributed by atoms with Crippen LogP contribution in [0.15, 0.2) is 47.6 Å². The van der Waals surface area contributed by atoms with Crippen molar-refractivity contribution in [1.29, 1.82) is 0 Å². The quantitative estimate of drug-likeness (QED) is 0.378. The van der Waals surface area contributed by atoms with Gasteiger partial charge in [0.15, 0.2) is 5.78 Å². The predicted octanol–water partition coefficient (Wildman–Crippen LogP) is 2.92. The number of carbonyl (C=O) groups is 2. The predicted molar refractivity (Wildman–Crippen MR) is 86.7 cm³/mol. The number of hydrogen-bond acceptors (Lipinski definition) is 6. The highest BCUT2D eigenvalue weighted by Crippen LogP contribution is 2.19. The number of Topliss-reactive ketones (excluding diaryl/α,β-unsaturated/α-hetero) is 1. The molecule has 118 valence electrons.